The molecule has 0 bridgehead atoms. The molecule has 1 aliphatic heterocycles. The molecular weight excluding hydrogens is 270 g/mol. The van der Waals surface area contributed by atoms with E-state index >= 15 is 0 Å². The second-order valence-corrected chi connectivity index (χ2v) is 8.21. The maximum atomic E-state index is 12.6. The molecule has 2 aromatic rings. The van der Waals surface area contributed by atoms with Gasteiger partial charge in [0.05, 0.1) is 0 Å². The molecule has 1 aromatic carbocycles. The fourth-order valence-electron chi connectivity index (χ4n) is 2.22. The number of benzene rings is 1. The molecule has 0 spiro atoms. The Labute approximate surface area is 109 Å². The summed E-state index contributed by atoms with van der Waals surface area (Å²) < 4.78 is 16.6. The van der Waals surface area contributed by atoms with E-state index in [0.717, 1.165) is 27.9 Å². The number of carboxylic acid groups (broad SMARTS) is 1. The molecule has 1 aromatic heterocycles. The first-order valence-corrected chi connectivity index (χ1v) is 8.41. The number of aromatic carboxylic acids is 1. The van der Waals surface area contributed by atoms with E-state index in [1.807, 2.05) is 18.2 Å². The van der Waals surface area contributed by atoms with Gasteiger partial charge in [-0.2, -0.15) is 0 Å². The molecule has 1 aliphatic rings. The molecule has 18 heavy (non-hydrogen) atoms. The van der Waals surface area contributed by atoms with Crippen molar-refractivity contribution in [3.05, 3.63) is 29.1 Å². The van der Waals surface area contributed by atoms with E-state index in [4.69, 9.17) is 5.11 Å². The van der Waals surface area contributed by atoms with E-state index < -0.39 is 16.1 Å². The normalized spacial score (nSPS) is 20.0. The Bertz CT molecular complexity index is 667. The van der Waals surface area contributed by atoms with Gasteiger partial charge in [0, 0.05) is 21.9 Å². The third-order valence-electron chi connectivity index (χ3n) is 3.14. The minimum atomic E-state index is -2.43. The zero-order chi connectivity index (χ0) is 12.8. The van der Waals surface area contributed by atoms with Gasteiger partial charge in [0.15, 0.2) is 0 Å². The standard InChI is InChI=1S/C12H13NO3S2/c14-12(15)11-7-8-6-9(2-3-10(8)17-11)18(16)5-1-4-13-18/h2-3,6-7,18H,1,4-5H2,(H,13,16)(H,14,15). The van der Waals surface area contributed by atoms with Crippen molar-refractivity contribution >= 4 is 37.5 Å². The largest absolute Gasteiger partial charge is 0.477 e. The third-order valence-corrected chi connectivity index (χ3v) is 7.04. The molecule has 0 atom stereocenters. The van der Waals surface area contributed by atoms with Crippen LogP contribution in [0.3, 0.4) is 0 Å². The van der Waals surface area contributed by atoms with E-state index in [-0.39, 0.29) is 0 Å². The zero-order valence-electron chi connectivity index (χ0n) is 9.55. The molecule has 2 heterocycles. The highest BCUT2D eigenvalue weighted by molar-refractivity contribution is 8.01. The van der Waals surface area contributed by atoms with Crippen LogP contribution in [0.5, 0.6) is 0 Å². The first kappa shape index (κ1) is 11.8. The number of carboxylic acids is 1. The third kappa shape index (κ3) is 1.86. The summed E-state index contributed by atoms with van der Waals surface area (Å²) in [6.45, 7) is 0.791. The van der Waals surface area contributed by atoms with Crippen LogP contribution < -0.4 is 4.72 Å². The topological polar surface area (TPSA) is 66.4 Å². The molecule has 4 nitrogen and oxygen atoms in total. The van der Waals surface area contributed by atoms with Crippen LogP contribution in [0.1, 0.15) is 16.1 Å². The quantitative estimate of drug-likeness (QED) is 0.737. The molecule has 2 N–H and O–H groups in total. The van der Waals surface area contributed by atoms with Gasteiger partial charge in [-0.15, -0.1) is 11.3 Å². The molecule has 0 saturated carbocycles. The van der Waals surface area contributed by atoms with Gasteiger partial charge in [0.25, 0.3) is 0 Å². The SMILES string of the molecule is O=C(O)c1cc2cc([SH]3(=O)CCCN3)ccc2s1. The lowest BCUT2D eigenvalue weighted by Crippen LogP contribution is -2.25. The van der Waals surface area contributed by atoms with Gasteiger partial charge in [0.2, 0.25) is 0 Å². The summed E-state index contributed by atoms with van der Waals surface area (Å²) in [5.74, 6) is -0.225. The monoisotopic (exact) mass is 283 g/mol. The van der Waals surface area contributed by atoms with Gasteiger partial charge < -0.3 is 5.11 Å². The van der Waals surface area contributed by atoms with Crippen molar-refractivity contribution in [2.45, 2.75) is 11.3 Å². The number of thiol groups is 1. The molecule has 96 valence electrons. The van der Waals surface area contributed by atoms with E-state index in [1.165, 1.54) is 11.3 Å². The van der Waals surface area contributed by atoms with Crippen LogP contribution in [0.15, 0.2) is 29.2 Å². The fourth-order valence-corrected chi connectivity index (χ4v) is 5.49. The maximum Gasteiger partial charge on any atom is 0.345 e. The van der Waals surface area contributed by atoms with E-state index in [9.17, 15) is 9.00 Å². The van der Waals surface area contributed by atoms with Crippen molar-refractivity contribution in [1.82, 2.24) is 4.72 Å². The maximum absolute atomic E-state index is 12.6. The Morgan fingerprint density at radius 3 is 2.89 bits per heavy atom. The van der Waals surface area contributed by atoms with Crippen LogP contribution in [-0.4, -0.2) is 27.6 Å². The lowest BCUT2D eigenvalue weighted by atomic mass is 10.2. The van der Waals surface area contributed by atoms with Crippen molar-refractivity contribution in [3.63, 3.8) is 0 Å². The second-order valence-electron chi connectivity index (χ2n) is 4.36. The van der Waals surface area contributed by atoms with Gasteiger partial charge in [-0.05, 0) is 46.2 Å². The number of rotatable bonds is 2. The molecule has 3 rings (SSSR count). The first-order chi connectivity index (χ1) is 8.58. The van der Waals surface area contributed by atoms with E-state index in [1.54, 1.807) is 6.07 Å². The minimum Gasteiger partial charge on any atom is -0.477 e. The van der Waals surface area contributed by atoms with Crippen molar-refractivity contribution in [1.29, 1.82) is 0 Å². The number of hydrogen-bond donors (Lipinski definition) is 3. The van der Waals surface area contributed by atoms with Gasteiger partial charge in [-0.1, -0.05) is 0 Å². The number of hydrogen-bond acceptors (Lipinski definition) is 3. The minimum absolute atomic E-state index is 0.319. The predicted molar refractivity (Wildman–Crippen MR) is 74.1 cm³/mol. The van der Waals surface area contributed by atoms with Crippen LogP contribution in [-0.2, 0) is 10.1 Å². The Morgan fingerprint density at radius 1 is 1.39 bits per heavy atom. The first-order valence-electron chi connectivity index (χ1n) is 5.70. The molecule has 0 amide bonds. The number of nitrogens with one attached hydrogen (secondary N) is 1. The van der Waals surface area contributed by atoms with Crippen LogP contribution >= 0.6 is 11.3 Å². The van der Waals surface area contributed by atoms with Crippen LogP contribution in [0.2, 0.25) is 0 Å². The lowest BCUT2D eigenvalue weighted by Gasteiger charge is -2.18. The van der Waals surface area contributed by atoms with Crippen LogP contribution in [0.25, 0.3) is 10.1 Å². The summed E-state index contributed by atoms with van der Waals surface area (Å²) in [4.78, 5) is 12.0. The summed E-state index contributed by atoms with van der Waals surface area (Å²) in [6.07, 6.45) is 0.930. The predicted octanol–water partition coefficient (Wildman–Crippen LogP) is 1.88. The highest BCUT2D eigenvalue weighted by Crippen LogP contribution is 2.30. The zero-order valence-corrected chi connectivity index (χ0v) is 11.3. The summed E-state index contributed by atoms with van der Waals surface area (Å²) in [5.41, 5.74) is 0. The molecule has 1 fully saturated rings. The summed E-state index contributed by atoms with van der Waals surface area (Å²) in [5, 5.41) is 9.82. The highest BCUT2D eigenvalue weighted by Gasteiger charge is 2.22. The van der Waals surface area contributed by atoms with E-state index in [2.05, 4.69) is 4.72 Å². The Morgan fingerprint density at radius 2 is 2.22 bits per heavy atom. The Hall–Kier alpha value is -1.24. The Balaban J connectivity index is 2.10. The lowest BCUT2D eigenvalue weighted by molar-refractivity contribution is 0.0702. The average Bonchev–Trinajstić information content (AvgIpc) is 2.94. The van der Waals surface area contributed by atoms with Gasteiger partial charge >= 0.3 is 5.97 Å². The number of thiophene rings is 1. The molecule has 0 unspecified atom stereocenters. The van der Waals surface area contributed by atoms with Gasteiger partial charge in [0.1, 0.15) is 4.88 Å². The molecule has 6 heteroatoms. The average molecular weight is 283 g/mol. The Kier molecular flexibility index (Phi) is 2.73. The molecule has 1 saturated heterocycles. The van der Waals surface area contributed by atoms with Gasteiger partial charge in [-0.3, -0.25) is 8.93 Å². The fraction of sp³-hybridized carbons (Fsp3) is 0.250. The van der Waals surface area contributed by atoms with Crippen molar-refractivity contribution < 1.29 is 14.1 Å². The highest BCUT2D eigenvalue weighted by atomic mass is 32.3. The van der Waals surface area contributed by atoms with Crippen LogP contribution in [0.4, 0.5) is 0 Å². The summed E-state index contributed by atoms with van der Waals surface area (Å²) in [7, 11) is -2.43. The van der Waals surface area contributed by atoms with Crippen LogP contribution in [0, 0.1) is 0 Å². The second kappa shape index (κ2) is 4.15. The van der Waals surface area contributed by atoms with Gasteiger partial charge in [-0.25, -0.2) is 4.79 Å². The number of fused-ring (bicyclic) bond motifs is 1. The summed E-state index contributed by atoms with van der Waals surface area (Å²) in [6, 6.07) is 7.22. The molecule has 0 aliphatic carbocycles. The molecular formula is C12H13NO3S2. The van der Waals surface area contributed by atoms with Crippen molar-refractivity contribution in [2.24, 2.45) is 0 Å². The van der Waals surface area contributed by atoms with E-state index in [0.29, 0.717) is 10.6 Å². The van der Waals surface area contributed by atoms with Crippen molar-refractivity contribution in [3.8, 4) is 0 Å². The molecule has 0 radical (unpaired) electrons. The van der Waals surface area contributed by atoms with Crippen molar-refractivity contribution in [2.75, 3.05) is 12.3 Å². The number of carbonyl (C=O) groups is 1. The smallest absolute Gasteiger partial charge is 0.345 e. The summed E-state index contributed by atoms with van der Waals surface area (Å²) >= 11 is 1.25.